The lowest BCUT2D eigenvalue weighted by atomic mass is 10.1. The van der Waals surface area contributed by atoms with Gasteiger partial charge in [0.05, 0.1) is 6.33 Å². The number of nitrogens with two attached hydrogens (primary N) is 1. The molecule has 1 amide bonds. The summed E-state index contributed by atoms with van der Waals surface area (Å²) in [5, 5.41) is 0. The fourth-order valence-electron chi connectivity index (χ4n) is 2.04. The van der Waals surface area contributed by atoms with Gasteiger partial charge in [-0.05, 0) is 12.8 Å². The van der Waals surface area contributed by atoms with E-state index in [1.165, 1.54) is 0 Å². The minimum absolute atomic E-state index is 0.158. The van der Waals surface area contributed by atoms with Gasteiger partial charge >= 0.3 is 0 Å². The standard InChI is InChI=1S/C11H18N4O/c12-10-2-1-5-15(8-10)11(16)3-6-14-7-4-13-9-14/h4,7,9-10H,1-3,5-6,8,12H2. The number of aromatic nitrogens is 2. The van der Waals surface area contributed by atoms with E-state index in [-0.39, 0.29) is 11.9 Å². The molecule has 1 atom stereocenters. The second kappa shape index (κ2) is 5.12. The van der Waals surface area contributed by atoms with Gasteiger partial charge in [-0.25, -0.2) is 4.98 Å². The van der Waals surface area contributed by atoms with Crippen LogP contribution in [0.3, 0.4) is 0 Å². The largest absolute Gasteiger partial charge is 0.341 e. The van der Waals surface area contributed by atoms with Gasteiger partial charge in [0.2, 0.25) is 5.91 Å². The van der Waals surface area contributed by atoms with Crippen molar-refractivity contribution in [3.05, 3.63) is 18.7 Å². The fourth-order valence-corrected chi connectivity index (χ4v) is 2.04. The molecule has 88 valence electrons. The van der Waals surface area contributed by atoms with Crippen LogP contribution >= 0.6 is 0 Å². The molecule has 0 bridgehead atoms. The number of imidazole rings is 1. The predicted octanol–water partition coefficient (Wildman–Crippen LogP) is 0.223. The zero-order valence-corrected chi connectivity index (χ0v) is 9.38. The fraction of sp³-hybridized carbons (Fsp3) is 0.636. The van der Waals surface area contributed by atoms with Crippen LogP contribution in [0, 0.1) is 0 Å². The molecule has 1 aliphatic rings. The number of piperidine rings is 1. The average molecular weight is 222 g/mol. The maximum atomic E-state index is 11.9. The summed E-state index contributed by atoms with van der Waals surface area (Å²) in [6.45, 7) is 2.27. The normalized spacial score (nSPS) is 21.1. The molecule has 1 aromatic heterocycles. The first-order valence-electron chi connectivity index (χ1n) is 5.75. The summed E-state index contributed by atoms with van der Waals surface area (Å²) in [7, 11) is 0. The molecule has 2 N–H and O–H groups in total. The highest BCUT2D eigenvalue weighted by Crippen LogP contribution is 2.09. The smallest absolute Gasteiger partial charge is 0.224 e. The van der Waals surface area contributed by atoms with Crippen molar-refractivity contribution in [3.8, 4) is 0 Å². The van der Waals surface area contributed by atoms with Crippen molar-refractivity contribution in [2.75, 3.05) is 13.1 Å². The Labute approximate surface area is 95.2 Å². The van der Waals surface area contributed by atoms with Crippen LogP contribution in [0.4, 0.5) is 0 Å². The molecule has 0 radical (unpaired) electrons. The van der Waals surface area contributed by atoms with E-state index in [4.69, 9.17) is 5.73 Å². The minimum Gasteiger partial charge on any atom is -0.341 e. The minimum atomic E-state index is 0.158. The van der Waals surface area contributed by atoms with Crippen molar-refractivity contribution in [2.24, 2.45) is 5.73 Å². The molecule has 1 unspecified atom stereocenters. The van der Waals surface area contributed by atoms with Gasteiger partial charge in [-0.1, -0.05) is 0 Å². The van der Waals surface area contributed by atoms with Gasteiger partial charge in [0, 0.05) is 44.5 Å². The van der Waals surface area contributed by atoms with Gasteiger partial charge in [0.15, 0.2) is 0 Å². The lowest BCUT2D eigenvalue weighted by molar-refractivity contribution is -0.132. The molecule has 0 saturated carbocycles. The number of carbonyl (C=O) groups is 1. The third-order valence-corrected chi connectivity index (χ3v) is 2.95. The van der Waals surface area contributed by atoms with Crippen LogP contribution < -0.4 is 5.73 Å². The molecule has 16 heavy (non-hydrogen) atoms. The van der Waals surface area contributed by atoms with Crippen LogP contribution in [-0.4, -0.2) is 39.5 Å². The summed E-state index contributed by atoms with van der Waals surface area (Å²) < 4.78 is 1.92. The Bertz CT molecular complexity index is 336. The van der Waals surface area contributed by atoms with Crippen LogP contribution in [-0.2, 0) is 11.3 Å². The van der Waals surface area contributed by atoms with Gasteiger partial charge in [-0.3, -0.25) is 4.79 Å². The van der Waals surface area contributed by atoms with Gasteiger partial charge < -0.3 is 15.2 Å². The molecular formula is C11H18N4O. The molecule has 0 spiro atoms. The molecule has 0 aliphatic carbocycles. The lowest BCUT2D eigenvalue weighted by Gasteiger charge is -2.30. The highest BCUT2D eigenvalue weighted by atomic mass is 16.2. The van der Waals surface area contributed by atoms with Gasteiger partial charge in [-0.2, -0.15) is 0 Å². The van der Waals surface area contributed by atoms with Crippen molar-refractivity contribution >= 4 is 5.91 Å². The highest BCUT2D eigenvalue weighted by molar-refractivity contribution is 5.76. The number of rotatable bonds is 3. The molecule has 2 rings (SSSR count). The van der Waals surface area contributed by atoms with E-state index >= 15 is 0 Å². The summed E-state index contributed by atoms with van der Waals surface area (Å²) in [6, 6.07) is 0.158. The second-order valence-electron chi connectivity index (χ2n) is 4.29. The molecule has 5 heteroatoms. The number of hydrogen-bond donors (Lipinski definition) is 1. The van der Waals surface area contributed by atoms with E-state index in [0.717, 1.165) is 19.4 Å². The van der Waals surface area contributed by atoms with E-state index in [0.29, 0.717) is 19.5 Å². The third kappa shape index (κ3) is 2.82. The zero-order valence-electron chi connectivity index (χ0n) is 9.38. The predicted molar refractivity (Wildman–Crippen MR) is 60.6 cm³/mol. The number of likely N-dealkylation sites (tertiary alicyclic amines) is 1. The number of amides is 1. The zero-order chi connectivity index (χ0) is 11.4. The van der Waals surface area contributed by atoms with E-state index in [1.54, 1.807) is 12.5 Å². The second-order valence-corrected chi connectivity index (χ2v) is 4.29. The summed E-state index contributed by atoms with van der Waals surface area (Å²) in [4.78, 5) is 17.7. The maximum absolute atomic E-state index is 11.9. The average Bonchev–Trinajstić information content (AvgIpc) is 2.78. The van der Waals surface area contributed by atoms with Crippen LogP contribution in [0.15, 0.2) is 18.7 Å². The quantitative estimate of drug-likeness (QED) is 0.796. The van der Waals surface area contributed by atoms with Gasteiger partial charge in [0.1, 0.15) is 0 Å². The Morgan fingerprint density at radius 3 is 3.12 bits per heavy atom. The Kier molecular flexibility index (Phi) is 3.56. The highest BCUT2D eigenvalue weighted by Gasteiger charge is 2.20. The number of nitrogens with zero attached hydrogens (tertiary/aromatic N) is 3. The van der Waals surface area contributed by atoms with Crippen molar-refractivity contribution in [3.63, 3.8) is 0 Å². The van der Waals surface area contributed by atoms with E-state index in [1.807, 2.05) is 15.7 Å². The first-order chi connectivity index (χ1) is 7.75. The SMILES string of the molecule is NC1CCCN(C(=O)CCn2ccnc2)C1. The topological polar surface area (TPSA) is 64.2 Å². The number of aryl methyl sites for hydroxylation is 1. The Balaban J connectivity index is 1.79. The number of hydrogen-bond acceptors (Lipinski definition) is 3. The molecule has 5 nitrogen and oxygen atoms in total. The summed E-state index contributed by atoms with van der Waals surface area (Å²) in [5.41, 5.74) is 5.84. The van der Waals surface area contributed by atoms with E-state index in [9.17, 15) is 4.79 Å². The van der Waals surface area contributed by atoms with E-state index in [2.05, 4.69) is 4.98 Å². The Morgan fingerprint density at radius 1 is 1.56 bits per heavy atom. The molecular weight excluding hydrogens is 204 g/mol. The van der Waals surface area contributed by atoms with Crippen LogP contribution in [0.5, 0.6) is 0 Å². The first kappa shape index (κ1) is 11.1. The van der Waals surface area contributed by atoms with Gasteiger partial charge in [-0.15, -0.1) is 0 Å². The van der Waals surface area contributed by atoms with Crippen molar-refractivity contribution in [1.82, 2.24) is 14.5 Å². The maximum Gasteiger partial charge on any atom is 0.224 e. The molecule has 1 saturated heterocycles. The molecule has 1 aliphatic heterocycles. The van der Waals surface area contributed by atoms with Crippen molar-refractivity contribution in [2.45, 2.75) is 31.8 Å². The van der Waals surface area contributed by atoms with Crippen LogP contribution in [0.25, 0.3) is 0 Å². The first-order valence-corrected chi connectivity index (χ1v) is 5.75. The Hall–Kier alpha value is -1.36. The lowest BCUT2D eigenvalue weighted by Crippen LogP contribution is -2.45. The summed E-state index contributed by atoms with van der Waals surface area (Å²) >= 11 is 0. The van der Waals surface area contributed by atoms with Crippen molar-refractivity contribution in [1.29, 1.82) is 0 Å². The van der Waals surface area contributed by atoms with Crippen LogP contribution in [0.1, 0.15) is 19.3 Å². The summed E-state index contributed by atoms with van der Waals surface area (Å²) in [5.74, 6) is 0.198. The van der Waals surface area contributed by atoms with Crippen molar-refractivity contribution < 1.29 is 4.79 Å². The molecule has 1 fully saturated rings. The van der Waals surface area contributed by atoms with E-state index < -0.39 is 0 Å². The molecule has 1 aromatic rings. The molecule has 2 heterocycles. The Morgan fingerprint density at radius 2 is 2.44 bits per heavy atom. The summed E-state index contributed by atoms with van der Waals surface area (Å²) in [6.07, 6.45) is 7.91. The number of carbonyl (C=O) groups excluding carboxylic acids is 1. The molecule has 0 aromatic carbocycles. The van der Waals surface area contributed by atoms with Gasteiger partial charge in [0.25, 0.3) is 0 Å². The monoisotopic (exact) mass is 222 g/mol. The van der Waals surface area contributed by atoms with Crippen LogP contribution in [0.2, 0.25) is 0 Å². The third-order valence-electron chi connectivity index (χ3n) is 2.95.